The van der Waals surface area contributed by atoms with Crippen molar-refractivity contribution in [2.45, 2.75) is 50.5 Å². The van der Waals surface area contributed by atoms with Crippen molar-refractivity contribution in [2.24, 2.45) is 23.0 Å². The van der Waals surface area contributed by atoms with Gasteiger partial charge in [0.1, 0.15) is 0 Å². The number of hydrogen-bond donors (Lipinski definition) is 2. The predicted octanol–water partition coefficient (Wildman–Crippen LogP) is 1.67. The van der Waals surface area contributed by atoms with Crippen LogP contribution in [0.1, 0.15) is 44.9 Å². The van der Waals surface area contributed by atoms with E-state index in [0.29, 0.717) is 5.41 Å². The number of nitrogens with two attached hydrogens (primary N) is 1. The van der Waals surface area contributed by atoms with E-state index < -0.39 is 0 Å². The molecule has 0 spiro atoms. The van der Waals surface area contributed by atoms with E-state index in [4.69, 9.17) is 5.73 Å². The molecular weight excluding hydrogens is 174 g/mol. The number of rotatable bonds is 2. The topological polar surface area (TPSA) is 46.2 Å². The number of aliphatic hydroxyl groups is 1. The Kier molecular flexibility index (Phi) is 1.79. The molecule has 0 aliphatic heterocycles. The zero-order chi connectivity index (χ0) is 9.81. The van der Waals surface area contributed by atoms with Crippen LogP contribution in [0.2, 0.25) is 0 Å². The van der Waals surface area contributed by atoms with Gasteiger partial charge in [-0.3, -0.25) is 0 Å². The highest BCUT2D eigenvalue weighted by atomic mass is 16.3. The van der Waals surface area contributed by atoms with E-state index in [1.54, 1.807) is 0 Å². The van der Waals surface area contributed by atoms with E-state index in [-0.39, 0.29) is 5.60 Å². The highest BCUT2D eigenvalue weighted by molar-refractivity contribution is 5.08. The minimum Gasteiger partial charge on any atom is -0.390 e. The molecule has 0 aromatic rings. The molecule has 80 valence electrons. The van der Waals surface area contributed by atoms with Crippen LogP contribution in [0.4, 0.5) is 0 Å². The molecule has 0 aromatic carbocycles. The van der Waals surface area contributed by atoms with Gasteiger partial charge in [-0.25, -0.2) is 0 Å². The van der Waals surface area contributed by atoms with Crippen LogP contribution in [0.25, 0.3) is 0 Å². The third kappa shape index (κ3) is 1.24. The second-order valence-corrected chi connectivity index (χ2v) is 6.22. The summed E-state index contributed by atoms with van der Waals surface area (Å²) in [4.78, 5) is 0. The Labute approximate surface area is 85.9 Å². The summed E-state index contributed by atoms with van der Waals surface area (Å²) < 4.78 is 0. The molecule has 3 N–H and O–H groups in total. The minimum absolute atomic E-state index is 0.292. The molecule has 2 unspecified atom stereocenters. The SMILES string of the molecule is NCCC12C[C@@H]3C[C@@H](CC(O)(C3)C1)C2. The first-order valence-corrected chi connectivity index (χ1v) is 6.06. The molecule has 14 heavy (non-hydrogen) atoms. The van der Waals surface area contributed by atoms with Gasteiger partial charge in [-0.05, 0) is 68.7 Å². The van der Waals surface area contributed by atoms with Crippen molar-refractivity contribution in [1.82, 2.24) is 0 Å². The molecule has 4 aliphatic rings. The molecule has 0 amide bonds. The van der Waals surface area contributed by atoms with Crippen molar-refractivity contribution in [1.29, 1.82) is 0 Å². The summed E-state index contributed by atoms with van der Waals surface area (Å²) in [6, 6.07) is 0. The van der Waals surface area contributed by atoms with E-state index in [2.05, 4.69) is 0 Å². The summed E-state index contributed by atoms with van der Waals surface area (Å²) in [5, 5.41) is 10.5. The Balaban J connectivity index is 1.89. The highest BCUT2D eigenvalue weighted by Crippen LogP contribution is 2.62. The third-order valence-corrected chi connectivity index (χ3v) is 4.83. The maximum atomic E-state index is 10.5. The van der Waals surface area contributed by atoms with E-state index >= 15 is 0 Å². The molecule has 2 nitrogen and oxygen atoms in total. The van der Waals surface area contributed by atoms with Crippen molar-refractivity contribution in [2.75, 3.05) is 6.54 Å². The van der Waals surface area contributed by atoms with Gasteiger partial charge < -0.3 is 10.8 Å². The molecular formula is C12H21NO. The van der Waals surface area contributed by atoms with Crippen LogP contribution in [0.15, 0.2) is 0 Å². The first kappa shape index (κ1) is 9.17. The third-order valence-electron chi connectivity index (χ3n) is 4.83. The van der Waals surface area contributed by atoms with Crippen LogP contribution in [0.3, 0.4) is 0 Å². The monoisotopic (exact) mass is 195 g/mol. The van der Waals surface area contributed by atoms with Crippen molar-refractivity contribution in [3.8, 4) is 0 Å². The zero-order valence-electron chi connectivity index (χ0n) is 8.84. The normalized spacial score (nSPS) is 55.3. The quantitative estimate of drug-likeness (QED) is 0.704. The summed E-state index contributed by atoms with van der Waals surface area (Å²) in [6.45, 7) is 0.801. The lowest BCUT2D eigenvalue weighted by atomic mass is 9.47. The van der Waals surface area contributed by atoms with Crippen LogP contribution in [0, 0.1) is 17.3 Å². The lowest BCUT2D eigenvalue weighted by Gasteiger charge is -2.60. The van der Waals surface area contributed by atoms with Gasteiger partial charge in [0.15, 0.2) is 0 Å². The van der Waals surface area contributed by atoms with E-state index in [0.717, 1.165) is 44.1 Å². The average molecular weight is 195 g/mol. The Morgan fingerprint density at radius 1 is 1.14 bits per heavy atom. The summed E-state index contributed by atoms with van der Waals surface area (Å²) in [5.74, 6) is 1.63. The summed E-state index contributed by atoms with van der Waals surface area (Å²) in [7, 11) is 0. The molecule has 4 bridgehead atoms. The first-order valence-electron chi connectivity index (χ1n) is 6.06. The Morgan fingerprint density at radius 3 is 2.29 bits per heavy atom. The fourth-order valence-electron chi connectivity index (χ4n) is 5.00. The van der Waals surface area contributed by atoms with Gasteiger partial charge in [0.25, 0.3) is 0 Å². The molecule has 0 heterocycles. The minimum atomic E-state index is -0.292. The Hall–Kier alpha value is -0.0800. The van der Waals surface area contributed by atoms with Gasteiger partial charge in [-0.2, -0.15) is 0 Å². The molecule has 4 fully saturated rings. The van der Waals surface area contributed by atoms with Gasteiger partial charge in [0.05, 0.1) is 5.60 Å². The summed E-state index contributed by atoms with van der Waals surface area (Å²) in [6.07, 6.45) is 8.43. The maximum Gasteiger partial charge on any atom is 0.0658 e. The lowest BCUT2D eigenvalue weighted by molar-refractivity contribution is -0.164. The van der Waals surface area contributed by atoms with Crippen LogP contribution in [0.5, 0.6) is 0 Å². The standard InChI is InChI=1S/C12H21NO/c13-2-1-11-4-9-3-10(5-11)7-12(14,6-9)8-11/h9-10,14H,1-8,13H2/t9-,10+,11?,12?. The first-order chi connectivity index (χ1) is 6.63. The predicted molar refractivity (Wildman–Crippen MR) is 55.7 cm³/mol. The van der Waals surface area contributed by atoms with Crippen molar-refractivity contribution in [3.05, 3.63) is 0 Å². The summed E-state index contributed by atoms with van der Waals surface area (Å²) in [5.41, 5.74) is 5.86. The van der Waals surface area contributed by atoms with Crippen LogP contribution >= 0.6 is 0 Å². The lowest BCUT2D eigenvalue weighted by Crippen LogP contribution is -2.55. The van der Waals surface area contributed by atoms with Gasteiger partial charge in [0.2, 0.25) is 0 Å². The second kappa shape index (κ2) is 2.73. The Bertz CT molecular complexity index is 237. The molecule has 4 saturated carbocycles. The van der Waals surface area contributed by atoms with Gasteiger partial charge in [-0.1, -0.05) is 0 Å². The summed E-state index contributed by atoms with van der Waals surface area (Å²) >= 11 is 0. The fraction of sp³-hybridized carbons (Fsp3) is 1.00. The number of hydrogen-bond acceptors (Lipinski definition) is 2. The highest BCUT2D eigenvalue weighted by Gasteiger charge is 2.56. The van der Waals surface area contributed by atoms with Crippen LogP contribution in [-0.2, 0) is 0 Å². The van der Waals surface area contributed by atoms with E-state index in [9.17, 15) is 5.11 Å². The molecule has 0 radical (unpaired) electrons. The van der Waals surface area contributed by atoms with Gasteiger partial charge in [0, 0.05) is 0 Å². The molecule has 4 rings (SSSR count). The van der Waals surface area contributed by atoms with Crippen molar-refractivity contribution >= 4 is 0 Å². The molecule has 2 heteroatoms. The second-order valence-electron chi connectivity index (χ2n) is 6.22. The van der Waals surface area contributed by atoms with E-state index in [1.807, 2.05) is 0 Å². The van der Waals surface area contributed by atoms with Crippen molar-refractivity contribution < 1.29 is 5.11 Å². The zero-order valence-corrected chi connectivity index (χ0v) is 8.84. The Morgan fingerprint density at radius 2 is 1.79 bits per heavy atom. The average Bonchev–Trinajstić information content (AvgIpc) is 1.97. The van der Waals surface area contributed by atoms with Gasteiger partial charge in [-0.15, -0.1) is 0 Å². The van der Waals surface area contributed by atoms with Gasteiger partial charge >= 0.3 is 0 Å². The van der Waals surface area contributed by atoms with Crippen LogP contribution in [-0.4, -0.2) is 17.3 Å². The molecule has 4 atom stereocenters. The largest absolute Gasteiger partial charge is 0.390 e. The molecule has 0 saturated heterocycles. The van der Waals surface area contributed by atoms with E-state index in [1.165, 1.54) is 19.3 Å². The van der Waals surface area contributed by atoms with Crippen molar-refractivity contribution in [3.63, 3.8) is 0 Å². The smallest absolute Gasteiger partial charge is 0.0658 e. The molecule has 0 aromatic heterocycles. The fourth-order valence-corrected chi connectivity index (χ4v) is 5.00. The van der Waals surface area contributed by atoms with Crippen LogP contribution < -0.4 is 5.73 Å². The molecule has 4 aliphatic carbocycles. The maximum absolute atomic E-state index is 10.5.